The Kier molecular flexibility index (Phi) is 16.0. The van der Waals surface area contributed by atoms with Gasteiger partial charge in [-0.1, -0.05) is 84.0 Å². The zero-order valence-electron chi connectivity index (χ0n) is 16.1. The van der Waals surface area contributed by atoms with Crippen molar-refractivity contribution in [3.8, 4) is 0 Å². The summed E-state index contributed by atoms with van der Waals surface area (Å²) in [4.78, 5) is 23.0. The summed E-state index contributed by atoms with van der Waals surface area (Å²) in [5.74, 6) is -0.657. The Morgan fingerprint density at radius 3 is 1.67 bits per heavy atom. The monoisotopic (exact) mass is 340 g/mol. The highest BCUT2D eigenvalue weighted by molar-refractivity contribution is 5.84. The Labute approximate surface area is 149 Å². The first kappa shape index (κ1) is 22.9. The van der Waals surface area contributed by atoms with Crippen LogP contribution >= 0.6 is 0 Å². The molecule has 142 valence electrons. The van der Waals surface area contributed by atoms with Crippen molar-refractivity contribution < 1.29 is 9.59 Å². The molecule has 0 fully saturated rings. The van der Waals surface area contributed by atoms with Crippen LogP contribution in [-0.2, 0) is 9.59 Å². The van der Waals surface area contributed by atoms with Gasteiger partial charge in [0.15, 0.2) is 0 Å². The Hall–Kier alpha value is -1.06. The van der Waals surface area contributed by atoms with Gasteiger partial charge in [-0.2, -0.15) is 0 Å². The van der Waals surface area contributed by atoms with E-state index < -0.39 is 0 Å². The van der Waals surface area contributed by atoms with Gasteiger partial charge >= 0.3 is 0 Å². The van der Waals surface area contributed by atoms with Crippen LogP contribution in [0.2, 0.25) is 0 Å². The van der Waals surface area contributed by atoms with Crippen LogP contribution in [0.4, 0.5) is 0 Å². The molecule has 0 aromatic rings. The largest absolute Gasteiger partial charge is 0.370 e. The number of hydrogen-bond acceptors (Lipinski definition) is 2. The summed E-state index contributed by atoms with van der Waals surface area (Å²) >= 11 is 0. The quantitative estimate of drug-likeness (QED) is 0.376. The van der Waals surface area contributed by atoms with Gasteiger partial charge in [-0.05, 0) is 13.3 Å². The van der Waals surface area contributed by atoms with E-state index in [2.05, 4.69) is 12.2 Å². The lowest BCUT2D eigenvalue weighted by atomic mass is 9.95. The smallest absolute Gasteiger partial charge is 0.223 e. The number of hydrogen-bond donors (Lipinski definition) is 2. The highest BCUT2D eigenvalue weighted by Gasteiger charge is 2.19. The Balaban J connectivity index is 3.54. The van der Waals surface area contributed by atoms with Crippen LogP contribution < -0.4 is 11.1 Å². The summed E-state index contributed by atoms with van der Waals surface area (Å²) in [6, 6.07) is 0. The molecule has 0 aromatic heterocycles. The van der Waals surface area contributed by atoms with Crippen molar-refractivity contribution in [2.24, 2.45) is 11.7 Å². The number of primary amides is 1. The maximum Gasteiger partial charge on any atom is 0.223 e. The zero-order valence-corrected chi connectivity index (χ0v) is 16.1. The topological polar surface area (TPSA) is 72.2 Å². The summed E-state index contributed by atoms with van der Waals surface area (Å²) < 4.78 is 0. The maximum absolute atomic E-state index is 11.9. The summed E-state index contributed by atoms with van der Waals surface area (Å²) in [5, 5.41) is 2.80. The molecule has 1 atom stereocenters. The minimum Gasteiger partial charge on any atom is -0.370 e. The number of amides is 2. The van der Waals surface area contributed by atoms with E-state index >= 15 is 0 Å². The highest BCUT2D eigenvalue weighted by atomic mass is 16.2. The van der Waals surface area contributed by atoms with Gasteiger partial charge in [0, 0.05) is 18.9 Å². The Bertz CT molecular complexity index is 319. The van der Waals surface area contributed by atoms with Crippen molar-refractivity contribution >= 4 is 11.8 Å². The van der Waals surface area contributed by atoms with E-state index in [1.54, 1.807) is 0 Å². The van der Waals surface area contributed by atoms with Crippen molar-refractivity contribution in [3.05, 3.63) is 0 Å². The van der Waals surface area contributed by atoms with Crippen LogP contribution in [0, 0.1) is 5.92 Å². The lowest BCUT2D eigenvalue weighted by Crippen LogP contribution is -2.33. The van der Waals surface area contributed by atoms with E-state index in [1.165, 1.54) is 64.2 Å². The van der Waals surface area contributed by atoms with Crippen molar-refractivity contribution in [3.63, 3.8) is 0 Å². The predicted octanol–water partition coefficient (Wildman–Crippen LogP) is 4.71. The van der Waals surface area contributed by atoms with Gasteiger partial charge in [0.1, 0.15) is 0 Å². The van der Waals surface area contributed by atoms with Gasteiger partial charge in [0.25, 0.3) is 0 Å². The zero-order chi connectivity index (χ0) is 18.0. The molecule has 0 radical (unpaired) electrons. The molecule has 4 nitrogen and oxygen atoms in total. The molecule has 24 heavy (non-hydrogen) atoms. The van der Waals surface area contributed by atoms with E-state index in [0.29, 0.717) is 6.54 Å². The minimum absolute atomic E-state index is 0.0284. The van der Waals surface area contributed by atoms with Gasteiger partial charge in [-0.15, -0.1) is 0 Å². The molecular weight excluding hydrogens is 300 g/mol. The molecule has 3 N–H and O–H groups in total. The lowest BCUT2D eigenvalue weighted by molar-refractivity contribution is -0.129. The molecule has 0 aliphatic carbocycles. The highest BCUT2D eigenvalue weighted by Crippen LogP contribution is 2.16. The van der Waals surface area contributed by atoms with Gasteiger partial charge in [-0.25, -0.2) is 0 Å². The fraction of sp³-hybridized carbons (Fsp3) is 0.900. The van der Waals surface area contributed by atoms with Crippen molar-refractivity contribution in [2.75, 3.05) is 6.54 Å². The molecule has 0 aromatic carbocycles. The van der Waals surface area contributed by atoms with E-state index in [0.717, 1.165) is 19.3 Å². The normalized spacial score (nSPS) is 12.1. The number of nitrogens with one attached hydrogen (secondary N) is 1. The van der Waals surface area contributed by atoms with Gasteiger partial charge in [0.2, 0.25) is 11.8 Å². The second kappa shape index (κ2) is 16.8. The van der Waals surface area contributed by atoms with Gasteiger partial charge in [-0.3, -0.25) is 9.59 Å². The fourth-order valence-corrected chi connectivity index (χ4v) is 3.12. The first-order chi connectivity index (χ1) is 11.6. The van der Waals surface area contributed by atoms with E-state index in [1.807, 2.05) is 6.92 Å². The minimum atomic E-state index is -0.384. The maximum atomic E-state index is 11.9. The molecule has 2 amide bonds. The summed E-state index contributed by atoms with van der Waals surface area (Å²) in [6.45, 7) is 4.75. The SMILES string of the molecule is CCCCCCCCCCCCCCC(CC(N)=O)C(=O)NCC. The molecule has 0 saturated heterocycles. The Morgan fingerprint density at radius 1 is 0.792 bits per heavy atom. The molecule has 0 aliphatic heterocycles. The van der Waals surface area contributed by atoms with Crippen molar-refractivity contribution in [1.29, 1.82) is 0 Å². The predicted molar refractivity (Wildman–Crippen MR) is 102 cm³/mol. The Morgan fingerprint density at radius 2 is 1.25 bits per heavy atom. The number of rotatable bonds is 17. The summed E-state index contributed by atoms with van der Waals surface area (Å²) in [5.41, 5.74) is 5.25. The summed E-state index contributed by atoms with van der Waals surface area (Å²) in [6.07, 6.45) is 16.6. The molecule has 0 saturated carbocycles. The molecule has 0 heterocycles. The second-order valence-electron chi connectivity index (χ2n) is 6.94. The molecule has 0 bridgehead atoms. The molecule has 0 rings (SSSR count). The molecule has 0 spiro atoms. The third kappa shape index (κ3) is 14.5. The molecule has 1 unspecified atom stereocenters. The first-order valence-electron chi connectivity index (χ1n) is 10.2. The van der Waals surface area contributed by atoms with Crippen LogP contribution in [0.15, 0.2) is 0 Å². The standard InChI is InChI=1S/C20H40N2O2/c1-3-5-6-7-8-9-10-11-12-13-14-15-16-18(17-19(21)23)20(24)22-4-2/h18H,3-17H2,1-2H3,(H2,21,23)(H,22,24). The number of carbonyl (C=O) groups excluding carboxylic acids is 2. The average Bonchev–Trinajstić information content (AvgIpc) is 2.54. The number of nitrogens with two attached hydrogens (primary N) is 1. The van der Waals surface area contributed by atoms with Crippen LogP contribution in [0.25, 0.3) is 0 Å². The van der Waals surface area contributed by atoms with Gasteiger partial charge in [0.05, 0.1) is 0 Å². The van der Waals surface area contributed by atoms with Crippen molar-refractivity contribution in [1.82, 2.24) is 5.32 Å². The average molecular weight is 341 g/mol. The fourth-order valence-electron chi connectivity index (χ4n) is 3.12. The number of carbonyl (C=O) groups is 2. The van der Waals surface area contributed by atoms with E-state index in [9.17, 15) is 9.59 Å². The van der Waals surface area contributed by atoms with Crippen LogP contribution in [0.3, 0.4) is 0 Å². The number of unbranched alkanes of at least 4 members (excludes halogenated alkanes) is 11. The summed E-state index contributed by atoms with van der Waals surface area (Å²) in [7, 11) is 0. The van der Waals surface area contributed by atoms with Crippen LogP contribution in [0.1, 0.15) is 104 Å². The van der Waals surface area contributed by atoms with Crippen molar-refractivity contribution in [2.45, 2.75) is 104 Å². The second-order valence-corrected chi connectivity index (χ2v) is 6.94. The van der Waals surface area contributed by atoms with Gasteiger partial charge < -0.3 is 11.1 Å². The van der Waals surface area contributed by atoms with E-state index in [-0.39, 0.29) is 24.2 Å². The third-order valence-electron chi connectivity index (χ3n) is 4.58. The molecule has 0 aliphatic rings. The van der Waals surface area contributed by atoms with Crippen LogP contribution in [0.5, 0.6) is 0 Å². The first-order valence-corrected chi connectivity index (χ1v) is 10.2. The van der Waals surface area contributed by atoms with E-state index in [4.69, 9.17) is 5.73 Å². The molecular formula is C20H40N2O2. The third-order valence-corrected chi connectivity index (χ3v) is 4.58. The van der Waals surface area contributed by atoms with Crippen LogP contribution in [-0.4, -0.2) is 18.4 Å². The lowest BCUT2D eigenvalue weighted by Gasteiger charge is -2.14. The molecule has 4 heteroatoms.